The number of likely N-dealkylation sites (N-methyl/N-ethyl adjacent to an activating group) is 1. The van der Waals surface area contributed by atoms with Crippen molar-refractivity contribution in [1.29, 1.82) is 0 Å². The van der Waals surface area contributed by atoms with Crippen LogP contribution < -0.4 is 4.74 Å². The second-order valence-corrected chi connectivity index (χ2v) is 6.77. The number of nitrogens with zero attached hydrogens (tertiary/aromatic N) is 3. The van der Waals surface area contributed by atoms with E-state index in [9.17, 15) is 5.11 Å². The molecule has 0 saturated carbocycles. The Hall–Kier alpha value is -1.98. The molecule has 0 radical (unpaired) electrons. The maximum Gasteiger partial charge on any atom is 0.237 e. The average molecular weight is 315 g/mol. The van der Waals surface area contributed by atoms with Crippen LogP contribution in [-0.4, -0.2) is 39.7 Å². The van der Waals surface area contributed by atoms with E-state index in [2.05, 4.69) is 35.6 Å². The SMILES string of the molecule is CN(Cc1ccc(Oc2cnccn2)cc1)C(CO)C(C)(C)C. The molecule has 0 aliphatic heterocycles. The molecule has 23 heavy (non-hydrogen) atoms. The molecule has 1 aromatic heterocycles. The summed E-state index contributed by atoms with van der Waals surface area (Å²) in [6.07, 6.45) is 4.79. The van der Waals surface area contributed by atoms with E-state index in [0.29, 0.717) is 5.88 Å². The summed E-state index contributed by atoms with van der Waals surface area (Å²) in [7, 11) is 2.04. The van der Waals surface area contributed by atoms with E-state index >= 15 is 0 Å². The Kier molecular flexibility index (Phi) is 5.69. The summed E-state index contributed by atoms with van der Waals surface area (Å²) in [4.78, 5) is 10.2. The van der Waals surface area contributed by atoms with Crippen LogP contribution in [0.3, 0.4) is 0 Å². The molecule has 0 aliphatic carbocycles. The summed E-state index contributed by atoms with van der Waals surface area (Å²) in [6.45, 7) is 7.34. The highest BCUT2D eigenvalue weighted by Crippen LogP contribution is 2.25. The lowest BCUT2D eigenvalue weighted by molar-refractivity contribution is 0.0614. The Balaban J connectivity index is 1.99. The van der Waals surface area contributed by atoms with Crippen LogP contribution in [0.2, 0.25) is 0 Å². The molecule has 0 bridgehead atoms. The standard InChI is InChI=1S/C18H25N3O2/c1-18(2,3)16(13-22)21(4)12-14-5-7-15(8-6-14)23-17-11-19-9-10-20-17/h5-11,16,22H,12-13H2,1-4H3. The second-order valence-electron chi connectivity index (χ2n) is 6.77. The van der Waals surface area contributed by atoms with E-state index in [1.165, 1.54) is 5.56 Å². The lowest BCUT2D eigenvalue weighted by atomic mass is 9.86. The van der Waals surface area contributed by atoms with Crippen LogP contribution in [0, 0.1) is 5.41 Å². The van der Waals surface area contributed by atoms with Crippen molar-refractivity contribution in [3.05, 3.63) is 48.4 Å². The molecule has 2 aromatic rings. The molecule has 5 nitrogen and oxygen atoms in total. The Labute approximate surface area is 138 Å². The quantitative estimate of drug-likeness (QED) is 0.887. The van der Waals surface area contributed by atoms with Gasteiger partial charge in [0.05, 0.1) is 12.8 Å². The van der Waals surface area contributed by atoms with Crippen LogP contribution in [0.5, 0.6) is 11.6 Å². The van der Waals surface area contributed by atoms with Crippen molar-refractivity contribution in [2.75, 3.05) is 13.7 Å². The fraction of sp³-hybridized carbons (Fsp3) is 0.444. The monoisotopic (exact) mass is 315 g/mol. The maximum atomic E-state index is 9.64. The third kappa shape index (κ3) is 5.01. The second kappa shape index (κ2) is 7.53. The Morgan fingerprint density at radius 3 is 2.39 bits per heavy atom. The summed E-state index contributed by atoms with van der Waals surface area (Å²) in [5, 5.41) is 9.64. The number of hydrogen-bond donors (Lipinski definition) is 1. The molecule has 1 unspecified atom stereocenters. The largest absolute Gasteiger partial charge is 0.438 e. The van der Waals surface area contributed by atoms with Crippen molar-refractivity contribution in [3.63, 3.8) is 0 Å². The first-order valence-corrected chi connectivity index (χ1v) is 7.74. The van der Waals surface area contributed by atoms with Gasteiger partial charge in [0.2, 0.25) is 5.88 Å². The first kappa shape index (κ1) is 17.4. The topological polar surface area (TPSA) is 58.5 Å². The molecule has 5 heteroatoms. The van der Waals surface area contributed by atoms with Gasteiger partial charge in [-0.3, -0.25) is 9.88 Å². The molecule has 2 rings (SSSR count). The molecule has 0 spiro atoms. The molecule has 0 amide bonds. The van der Waals surface area contributed by atoms with Crippen LogP contribution in [0.15, 0.2) is 42.9 Å². The summed E-state index contributed by atoms with van der Waals surface area (Å²) in [5.74, 6) is 1.21. The lowest BCUT2D eigenvalue weighted by Crippen LogP contribution is -2.43. The predicted octanol–water partition coefficient (Wildman–Crippen LogP) is 3.11. The zero-order valence-corrected chi connectivity index (χ0v) is 14.2. The Bertz CT molecular complexity index is 594. The number of aliphatic hydroxyl groups is 1. The third-order valence-corrected chi connectivity index (χ3v) is 3.82. The van der Waals surface area contributed by atoms with Crippen molar-refractivity contribution >= 4 is 0 Å². The average Bonchev–Trinajstić information content (AvgIpc) is 2.49. The Morgan fingerprint density at radius 1 is 1.17 bits per heavy atom. The number of rotatable bonds is 6. The van der Waals surface area contributed by atoms with Gasteiger partial charge in [0.25, 0.3) is 0 Å². The smallest absolute Gasteiger partial charge is 0.237 e. The first-order valence-electron chi connectivity index (χ1n) is 7.74. The van der Waals surface area contributed by atoms with Crippen LogP contribution >= 0.6 is 0 Å². The normalized spacial score (nSPS) is 13.1. The highest BCUT2D eigenvalue weighted by atomic mass is 16.5. The highest BCUT2D eigenvalue weighted by molar-refractivity contribution is 5.29. The van der Waals surface area contributed by atoms with Crippen molar-refractivity contribution < 1.29 is 9.84 Å². The number of aliphatic hydroxyl groups excluding tert-OH is 1. The third-order valence-electron chi connectivity index (χ3n) is 3.82. The summed E-state index contributed by atoms with van der Waals surface area (Å²) >= 11 is 0. The zero-order valence-electron chi connectivity index (χ0n) is 14.2. The van der Waals surface area contributed by atoms with E-state index in [-0.39, 0.29) is 18.1 Å². The van der Waals surface area contributed by atoms with E-state index in [1.807, 2.05) is 31.3 Å². The Morgan fingerprint density at radius 2 is 1.87 bits per heavy atom. The number of aromatic nitrogens is 2. The molecule has 124 valence electrons. The van der Waals surface area contributed by atoms with Crippen LogP contribution in [-0.2, 0) is 6.54 Å². The van der Waals surface area contributed by atoms with Gasteiger partial charge in [-0.25, -0.2) is 4.98 Å². The van der Waals surface area contributed by atoms with Gasteiger partial charge in [-0.05, 0) is 30.2 Å². The van der Waals surface area contributed by atoms with Gasteiger partial charge >= 0.3 is 0 Å². The number of hydrogen-bond acceptors (Lipinski definition) is 5. The maximum absolute atomic E-state index is 9.64. The van der Waals surface area contributed by atoms with Crippen molar-refractivity contribution in [1.82, 2.24) is 14.9 Å². The van der Waals surface area contributed by atoms with Crippen LogP contribution in [0.25, 0.3) is 0 Å². The number of benzene rings is 1. The number of ether oxygens (including phenoxy) is 1. The van der Waals surface area contributed by atoms with E-state index in [1.54, 1.807) is 18.6 Å². The van der Waals surface area contributed by atoms with Gasteiger partial charge in [0.1, 0.15) is 5.75 Å². The van der Waals surface area contributed by atoms with Gasteiger partial charge in [0.15, 0.2) is 0 Å². The molecule has 0 saturated heterocycles. The summed E-state index contributed by atoms with van der Waals surface area (Å²) in [5.41, 5.74) is 1.19. The zero-order chi connectivity index (χ0) is 16.9. The van der Waals surface area contributed by atoms with Crippen molar-refractivity contribution in [3.8, 4) is 11.6 Å². The molecule has 0 fully saturated rings. The van der Waals surface area contributed by atoms with Crippen LogP contribution in [0.1, 0.15) is 26.3 Å². The molecular weight excluding hydrogens is 290 g/mol. The fourth-order valence-electron chi connectivity index (χ4n) is 2.59. The summed E-state index contributed by atoms with van der Waals surface area (Å²) in [6, 6.07) is 8.00. The molecule has 0 aliphatic rings. The summed E-state index contributed by atoms with van der Waals surface area (Å²) < 4.78 is 5.63. The van der Waals surface area contributed by atoms with E-state index < -0.39 is 0 Å². The minimum Gasteiger partial charge on any atom is -0.438 e. The fourth-order valence-corrected chi connectivity index (χ4v) is 2.59. The minimum atomic E-state index is 0.0263. The van der Waals surface area contributed by atoms with Crippen molar-refractivity contribution in [2.45, 2.75) is 33.4 Å². The predicted molar refractivity (Wildman–Crippen MR) is 90.3 cm³/mol. The highest BCUT2D eigenvalue weighted by Gasteiger charge is 2.27. The van der Waals surface area contributed by atoms with E-state index in [4.69, 9.17) is 4.74 Å². The molecular formula is C18H25N3O2. The van der Waals surface area contributed by atoms with Gasteiger partial charge in [0, 0.05) is 25.0 Å². The molecule has 1 atom stereocenters. The van der Waals surface area contributed by atoms with Crippen LogP contribution in [0.4, 0.5) is 0 Å². The first-order chi connectivity index (χ1) is 10.9. The molecule has 1 aromatic carbocycles. The van der Waals surface area contributed by atoms with Gasteiger partial charge in [-0.15, -0.1) is 0 Å². The molecule has 1 N–H and O–H groups in total. The lowest BCUT2D eigenvalue weighted by Gasteiger charge is -2.36. The van der Waals surface area contributed by atoms with E-state index in [0.717, 1.165) is 12.3 Å². The van der Waals surface area contributed by atoms with Gasteiger partial charge in [-0.2, -0.15) is 0 Å². The minimum absolute atomic E-state index is 0.0263. The van der Waals surface area contributed by atoms with Crippen molar-refractivity contribution in [2.24, 2.45) is 5.41 Å². The van der Waals surface area contributed by atoms with Gasteiger partial charge in [-0.1, -0.05) is 32.9 Å². The molecule has 1 heterocycles. The van der Waals surface area contributed by atoms with Gasteiger partial charge < -0.3 is 9.84 Å².